The molecular weight excluding hydrogens is 468 g/mol. The Balaban J connectivity index is 2.24. The molecule has 1 aromatic carbocycles. The van der Waals surface area contributed by atoms with Crippen LogP contribution < -0.4 is 16.1 Å². The van der Waals surface area contributed by atoms with Gasteiger partial charge >= 0.3 is 12.1 Å². The molecule has 4 N–H and O–H groups in total. The number of benzene rings is 1. The van der Waals surface area contributed by atoms with Crippen LogP contribution in [0.4, 0.5) is 4.79 Å². The first-order chi connectivity index (χ1) is 16.8. The van der Waals surface area contributed by atoms with E-state index in [1.165, 1.54) is 24.3 Å². The van der Waals surface area contributed by atoms with Crippen molar-refractivity contribution < 1.29 is 33.8 Å². The van der Waals surface area contributed by atoms with Gasteiger partial charge in [-0.1, -0.05) is 26.0 Å². The zero-order valence-electron chi connectivity index (χ0n) is 21.8. The van der Waals surface area contributed by atoms with Crippen LogP contribution in [0.5, 0.6) is 5.75 Å². The smallest absolute Gasteiger partial charge is 0.408 e. The number of esters is 1. The molecule has 0 aromatic heterocycles. The Labute approximate surface area is 211 Å². The summed E-state index contributed by atoms with van der Waals surface area (Å²) in [6, 6.07) is 3.70. The van der Waals surface area contributed by atoms with Crippen molar-refractivity contribution in [3.05, 3.63) is 29.8 Å². The lowest BCUT2D eigenvalue weighted by molar-refractivity contribution is -0.151. The molecule has 0 spiro atoms. The number of amides is 3. The highest BCUT2D eigenvalue weighted by molar-refractivity contribution is 5.91. The van der Waals surface area contributed by atoms with E-state index >= 15 is 0 Å². The summed E-state index contributed by atoms with van der Waals surface area (Å²) < 4.78 is 10.1. The number of methoxy groups -OCH3 is 1. The summed E-state index contributed by atoms with van der Waals surface area (Å²) in [5.41, 5.74) is 2.76. The maximum absolute atomic E-state index is 13.5. The van der Waals surface area contributed by atoms with Gasteiger partial charge in [0.15, 0.2) is 0 Å². The van der Waals surface area contributed by atoms with Gasteiger partial charge < -0.3 is 25.2 Å². The van der Waals surface area contributed by atoms with Crippen molar-refractivity contribution in [3.8, 4) is 5.75 Å². The molecule has 11 nitrogen and oxygen atoms in total. The maximum atomic E-state index is 13.5. The van der Waals surface area contributed by atoms with E-state index in [9.17, 15) is 24.3 Å². The summed E-state index contributed by atoms with van der Waals surface area (Å²) in [5.74, 6) is -1.78. The molecular formula is C25H38N4O7. The number of hydrogen-bond donors (Lipinski definition) is 4. The quantitative estimate of drug-likeness (QED) is 0.389. The molecule has 1 heterocycles. The highest BCUT2D eigenvalue weighted by Crippen LogP contribution is 2.16. The Bertz CT molecular complexity index is 945. The Morgan fingerprint density at radius 1 is 1.19 bits per heavy atom. The molecule has 1 aromatic rings. The van der Waals surface area contributed by atoms with E-state index in [-0.39, 0.29) is 18.1 Å². The third kappa shape index (κ3) is 8.71. The molecule has 200 valence electrons. The third-order valence-corrected chi connectivity index (χ3v) is 5.52. The summed E-state index contributed by atoms with van der Waals surface area (Å²) in [5, 5.41) is 16.5. The van der Waals surface area contributed by atoms with Gasteiger partial charge in [0.05, 0.1) is 7.11 Å². The van der Waals surface area contributed by atoms with E-state index in [0.717, 1.165) is 0 Å². The van der Waals surface area contributed by atoms with Gasteiger partial charge in [0.25, 0.3) is 5.91 Å². The van der Waals surface area contributed by atoms with Crippen LogP contribution >= 0.6 is 0 Å². The molecule has 3 atom stereocenters. The summed E-state index contributed by atoms with van der Waals surface area (Å²) in [6.45, 7) is 9.01. The van der Waals surface area contributed by atoms with E-state index in [0.29, 0.717) is 24.9 Å². The lowest BCUT2D eigenvalue weighted by Crippen LogP contribution is -2.62. The standard InChI is InChI=1S/C25H38N4O7/c1-15(2)20(27-24(34)36-25(3,4)5)21(31)26-19(14-16-9-7-10-17(30)13-16)22(32)29-12-8-11-18(28-29)23(33)35-6/h7,9-10,13,15,18-20,28,30H,8,11-12,14H2,1-6H3,(H,26,31)(H,27,34)/t18-,19-,20-/m0/s1. The topological polar surface area (TPSA) is 146 Å². The Morgan fingerprint density at radius 2 is 1.89 bits per heavy atom. The third-order valence-electron chi connectivity index (χ3n) is 5.52. The van der Waals surface area contributed by atoms with Crippen molar-refractivity contribution in [3.63, 3.8) is 0 Å². The van der Waals surface area contributed by atoms with Gasteiger partial charge in [-0.25, -0.2) is 10.2 Å². The highest BCUT2D eigenvalue weighted by Gasteiger charge is 2.35. The molecule has 0 aliphatic carbocycles. The van der Waals surface area contributed by atoms with Gasteiger partial charge in [0.1, 0.15) is 29.5 Å². The molecule has 0 radical (unpaired) electrons. The monoisotopic (exact) mass is 506 g/mol. The van der Waals surface area contributed by atoms with Crippen LogP contribution in [0.2, 0.25) is 0 Å². The molecule has 1 aliphatic heterocycles. The number of phenols is 1. The lowest BCUT2D eigenvalue weighted by atomic mass is 10.0. The molecule has 1 aliphatic rings. The minimum atomic E-state index is -1.04. The van der Waals surface area contributed by atoms with Crippen LogP contribution in [0.1, 0.15) is 53.0 Å². The van der Waals surface area contributed by atoms with E-state index in [2.05, 4.69) is 16.1 Å². The zero-order chi connectivity index (χ0) is 27.0. The van der Waals surface area contributed by atoms with Gasteiger partial charge in [0.2, 0.25) is 5.91 Å². The van der Waals surface area contributed by atoms with Crippen LogP contribution in [0.3, 0.4) is 0 Å². The number of nitrogens with one attached hydrogen (secondary N) is 3. The number of hydrazine groups is 1. The van der Waals surface area contributed by atoms with Crippen molar-refractivity contribution in [1.82, 2.24) is 21.1 Å². The van der Waals surface area contributed by atoms with Crippen molar-refractivity contribution in [1.29, 1.82) is 0 Å². The van der Waals surface area contributed by atoms with Gasteiger partial charge in [-0.2, -0.15) is 0 Å². The van der Waals surface area contributed by atoms with Crippen molar-refractivity contribution in [2.75, 3.05) is 13.7 Å². The first-order valence-electron chi connectivity index (χ1n) is 12.0. The fourth-order valence-corrected chi connectivity index (χ4v) is 3.80. The molecule has 2 rings (SSSR count). The van der Waals surface area contributed by atoms with Crippen molar-refractivity contribution >= 4 is 23.9 Å². The summed E-state index contributed by atoms with van der Waals surface area (Å²) in [6.07, 6.45) is 0.415. The second kappa shape index (κ2) is 12.6. The minimum Gasteiger partial charge on any atom is -0.508 e. The SMILES string of the molecule is COC(=O)[C@@H]1CCCN(C(=O)[C@H](Cc2cccc(O)c2)NC(=O)[C@@H](NC(=O)OC(C)(C)C)C(C)C)N1. The van der Waals surface area contributed by atoms with E-state index in [4.69, 9.17) is 9.47 Å². The number of phenolic OH excluding ortho intramolecular Hbond substituents is 1. The number of rotatable bonds is 8. The summed E-state index contributed by atoms with van der Waals surface area (Å²) >= 11 is 0. The highest BCUT2D eigenvalue weighted by atomic mass is 16.6. The molecule has 0 saturated carbocycles. The Hall–Kier alpha value is -3.34. The summed E-state index contributed by atoms with van der Waals surface area (Å²) in [4.78, 5) is 51.1. The van der Waals surface area contributed by atoms with Crippen LogP contribution in [-0.2, 0) is 30.3 Å². The van der Waals surface area contributed by atoms with Gasteiger partial charge in [-0.05, 0) is 57.2 Å². The fourth-order valence-electron chi connectivity index (χ4n) is 3.80. The first-order valence-corrected chi connectivity index (χ1v) is 12.0. The molecule has 3 amide bonds. The van der Waals surface area contributed by atoms with E-state index in [1.807, 2.05) is 0 Å². The van der Waals surface area contributed by atoms with Crippen LogP contribution in [-0.4, -0.2) is 71.4 Å². The molecule has 1 saturated heterocycles. The lowest BCUT2D eigenvalue weighted by Gasteiger charge is -2.35. The molecule has 0 bridgehead atoms. The van der Waals surface area contributed by atoms with Crippen molar-refractivity contribution in [2.24, 2.45) is 5.92 Å². The number of carbonyl (C=O) groups is 4. The van der Waals surface area contributed by atoms with Gasteiger partial charge in [-0.15, -0.1) is 0 Å². The maximum Gasteiger partial charge on any atom is 0.408 e. The predicted molar refractivity (Wildman–Crippen MR) is 132 cm³/mol. The van der Waals surface area contributed by atoms with Crippen LogP contribution in [0.15, 0.2) is 24.3 Å². The number of carbonyl (C=O) groups excluding carboxylic acids is 4. The predicted octanol–water partition coefficient (Wildman–Crippen LogP) is 1.64. The van der Waals surface area contributed by atoms with Crippen molar-refractivity contribution in [2.45, 2.75) is 77.6 Å². The molecule has 0 unspecified atom stereocenters. The first kappa shape index (κ1) is 28.9. The summed E-state index contributed by atoms with van der Waals surface area (Å²) in [7, 11) is 1.28. The second-order valence-corrected chi connectivity index (χ2v) is 10.1. The Kier molecular flexibility index (Phi) is 10.1. The fraction of sp³-hybridized carbons (Fsp3) is 0.600. The number of aromatic hydroxyl groups is 1. The number of alkyl carbamates (subject to hydrolysis) is 1. The average molecular weight is 507 g/mol. The molecule has 11 heteroatoms. The molecule has 1 fully saturated rings. The number of hydrogen-bond acceptors (Lipinski definition) is 8. The molecule has 36 heavy (non-hydrogen) atoms. The van der Waals surface area contributed by atoms with E-state index < -0.39 is 47.6 Å². The Morgan fingerprint density at radius 3 is 2.47 bits per heavy atom. The van der Waals surface area contributed by atoms with Gasteiger partial charge in [0, 0.05) is 13.0 Å². The normalized spacial score (nSPS) is 17.6. The van der Waals surface area contributed by atoms with Gasteiger partial charge in [-0.3, -0.25) is 19.4 Å². The minimum absolute atomic E-state index is 0.0264. The van der Waals surface area contributed by atoms with E-state index in [1.54, 1.807) is 46.8 Å². The van der Waals surface area contributed by atoms with Crippen LogP contribution in [0.25, 0.3) is 0 Å². The van der Waals surface area contributed by atoms with Crippen LogP contribution in [0, 0.1) is 5.92 Å². The number of ether oxygens (including phenoxy) is 2. The number of nitrogens with zero attached hydrogens (tertiary/aromatic N) is 1. The largest absolute Gasteiger partial charge is 0.508 e. The second-order valence-electron chi connectivity index (χ2n) is 10.1. The average Bonchev–Trinajstić information content (AvgIpc) is 2.79. The zero-order valence-corrected chi connectivity index (χ0v) is 21.8.